The first kappa shape index (κ1) is 13.9. The maximum absolute atomic E-state index is 3.59. The zero-order chi connectivity index (χ0) is 13.0. The summed E-state index contributed by atoms with van der Waals surface area (Å²) in [4.78, 5) is 4.95. The average Bonchev–Trinajstić information content (AvgIpc) is 2.88. The maximum atomic E-state index is 3.59. The first-order chi connectivity index (χ1) is 8.70. The number of hydrogen-bond acceptors (Lipinski definition) is 2. The molecule has 0 saturated carbocycles. The van der Waals surface area contributed by atoms with Crippen molar-refractivity contribution in [2.45, 2.75) is 25.1 Å². The number of rotatable bonds is 5. The SMILES string of the molecule is Cc1ccc(N(C)CCN2CCCC2)c(CBr)c1. The van der Waals surface area contributed by atoms with Crippen LogP contribution in [0.2, 0.25) is 0 Å². The van der Waals surface area contributed by atoms with Gasteiger partial charge in [0.15, 0.2) is 0 Å². The lowest BCUT2D eigenvalue weighted by Crippen LogP contribution is -2.31. The predicted octanol–water partition coefficient (Wildman–Crippen LogP) is 3.42. The number of nitrogens with zero attached hydrogens (tertiary/aromatic N) is 2. The second-order valence-corrected chi connectivity index (χ2v) is 5.80. The lowest BCUT2D eigenvalue weighted by molar-refractivity contribution is 0.346. The third-order valence-corrected chi connectivity index (χ3v) is 4.34. The van der Waals surface area contributed by atoms with Crippen LogP contribution in [-0.4, -0.2) is 38.1 Å². The minimum atomic E-state index is 0.929. The van der Waals surface area contributed by atoms with Crippen molar-refractivity contribution >= 4 is 21.6 Å². The highest BCUT2D eigenvalue weighted by molar-refractivity contribution is 9.08. The van der Waals surface area contributed by atoms with E-state index in [-0.39, 0.29) is 0 Å². The molecule has 1 aliphatic heterocycles. The Morgan fingerprint density at radius 3 is 2.67 bits per heavy atom. The van der Waals surface area contributed by atoms with Crippen LogP contribution in [0, 0.1) is 6.92 Å². The van der Waals surface area contributed by atoms with Crippen molar-refractivity contribution in [2.75, 3.05) is 38.1 Å². The van der Waals surface area contributed by atoms with Gasteiger partial charge in [-0.05, 0) is 44.5 Å². The summed E-state index contributed by atoms with van der Waals surface area (Å²) in [5.41, 5.74) is 4.08. The predicted molar refractivity (Wildman–Crippen MR) is 82.8 cm³/mol. The first-order valence-corrected chi connectivity index (χ1v) is 7.92. The molecular formula is C15H23BrN2. The summed E-state index contributed by atoms with van der Waals surface area (Å²) >= 11 is 3.59. The van der Waals surface area contributed by atoms with Gasteiger partial charge in [-0.3, -0.25) is 0 Å². The Morgan fingerprint density at radius 2 is 2.00 bits per heavy atom. The van der Waals surface area contributed by atoms with Gasteiger partial charge in [0.1, 0.15) is 0 Å². The van der Waals surface area contributed by atoms with Crippen molar-refractivity contribution in [2.24, 2.45) is 0 Å². The Balaban J connectivity index is 1.96. The van der Waals surface area contributed by atoms with Gasteiger partial charge >= 0.3 is 0 Å². The summed E-state index contributed by atoms with van der Waals surface area (Å²) in [6.45, 7) is 7.02. The summed E-state index contributed by atoms with van der Waals surface area (Å²) in [6, 6.07) is 6.72. The fourth-order valence-corrected chi connectivity index (χ4v) is 3.06. The molecule has 100 valence electrons. The van der Waals surface area contributed by atoms with E-state index in [1.165, 1.54) is 49.3 Å². The van der Waals surface area contributed by atoms with E-state index in [1.807, 2.05) is 0 Å². The van der Waals surface area contributed by atoms with Crippen LogP contribution >= 0.6 is 15.9 Å². The largest absolute Gasteiger partial charge is 0.373 e. The second kappa shape index (κ2) is 6.58. The van der Waals surface area contributed by atoms with Crippen molar-refractivity contribution in [1.82, 2.24) is 4.90 Å². The molecule has 2 nitrogen and oxygen atoms in total. The molecule has 2 rings (SSSR count). The minimum Gasteiger partial charge on any atom is -0.373 e. The fourth-order valence-electron chi connectivity index (χ4n) is 2.61. The molecule has 0 amide bonds. The van der Waals surface area contributed by atoms with E-state index in [4.69, 9.17) is 0 Å². The second-order valence-electron chi connectivity index (χ2n) is 5.24. The van der Waals surface area contributed by atoms with Gasteiger partial charge in [-0.2, -0.15) is 0 Å². The van der Waals surface area contributed by atoms with E-state index in [0.717, 1.165) is 11.9 Å². The smallest absolute Gasteiger partial charge is 0.0405 e. The van der Waals surface area contributed by atoms with Gasteiger partial charge in [-0.15, -0.1) is 0 Å². The van der Waals surface area contributed by atoms with Gasteiger partial charge in [0, 0.05) is 31.2 Å². The van der Waals surface area contributed by atoms with Crippen molar-refractivity contribution in [1.29, 1.82) is 0 Å². The summed E-state index contributed by atoms with van der Waals surface area (Å²) in [5.74, 6) is 0. The summed E-state index contributed by atoms with van der Waals surface area (Å²) in [5, 5.41) is 0.929. The van der Waals surface area contributed by atoms with Gasteiger partial charge in [-0.25, -0.2) is 0 Å². The monoisotopic (exact) mass is 310 g/mol. The van der Waals surface area contributed by atoms with Gasteiger partial charge in [0.25, 0.3) is 0 Å². The van der Waals surface area contributed by atoms with Crippen molar-refractivity contribution in [3.05, 3.63) is 29.3 Å². The summed E-state index contributed by atoms with van der Waals surface area (Å²) < 4.78 is 0. The average molecular weight is 311 g/mol. The van der Waals surface area contributed by atoms with Gasteiger partial charge in [-0.1, -0.05) is 33.6 Å². The standard InChI is InChI=1S/C15H23BrN2/c1-13-5-6-15(14(11-13)12-16)17(2)9-10-18-7-3-4-8-18/h5-6,11H,3-4,7-10,12H2,1-2H3. The van der Waals surface area contributed by atoms with Gasteiger partial charge < -0.3 is 9.80 Å². The number of benzene rings is 1. The lowest BCUT2D eigenvalue weighted by atomic mass is 10.1. The van der Waals surface area contributed by atoms with Crippen LogP contribution in [0.4, 0.5) is 5.69 Å². The lowest BCUT2D eigenvalue weighted by Gasteiger charge is -2.25. The van der Waals surface area contributed by atoms with E-state index in [9.17, 15) is 0 Å². The Bertz CT molecular complexity index is 386. The zero-order valence-electron chi connectivity index (χ0n) is 11.5. The molecule has 0 spiro atoms. The van der Waals surface area contributed by atoms with Gasteiger partial charge in [0.05, 0.1) is 0 Å². The first-order valence-electron chi connectivity index (χ1n) is 6.79. The molecule has 0 bridgehead atoms. The molecule has 1 saturated heterocycles. The zero-order valence-corrected chi connectivity index (χ0v) is 13.0. The van der Waals surface area contributed by atoms with Crippen LogP contribution in [0.1, 0.15) is 24.0 Å². The van der Waals surface area contributed by atoms with E-state index < -0.39 is 0 Å². The van der Waals surface area contributed by atoms with Crippen LogP contribution in [0.25, 0.3) is 0 Å². The van der Waals surface area contributed by atoms with Gasteiger partial charge in [0.2, 0.25) is 0 Å². The highest BCUT2D eigenvalue weighted by Gasteiger charge is 2.13. The van der Waals surface area contributed by atoms with Crippen molar-refractivity contribution in [3.8, 4) is 0 Å². The maximum Gasteiger partial charge on any atom is 0.0405 e. The van der Waals surface area contributed by atoms with Crippen LogP contribution in [-0.2, 0) is 5.33 Å². The molecule has 1 aliphatic rings. The topological polar surface area (TPSA) is 6.48 Å². The summed E-state index contributed by atoms with van der Waals surface area (Å²) in [6.07, 6.45) is 2.75. The Hall–Kier alpha value is -0.540. The molecular weight excluding hydrogens is 288 g/mol. The molecule has 3 heteroatoms. The number of hydrogen-bond donors (Lipinski definition) is 0. The third-order valence-electron chi connectivity index (χ3n) is 3.74. The Kier molecular flexibility index (Phi) is 5.07. The number of alkyl halides is 1. The van der Waals surface area contributed by atoms with E-state index in [2.05, 4.69) is 57.9 Å². The Morgan fingerprint density at radius 1 is 1.28 bits per heavy atom. The highest BCUT2D eigenvalue weighted by Crippen LogP contribution is 2.23. The molecule has 0 aliphatic carbocycles. The Labute approximate surface area is 119 Å². The minimum absolute atomic E-state index is 0.929. The van der Waals surface area contributed by atoms with E-state index >= 15 is 0 Å². The van der Waals surface area contributed by atoms with Crippen molar-refractivity contribution in [3.63, 3.8) is 0 Å². The molecule has 1 heterocycles. The fraction of sp³-hybridized carbons (Fsp3) is 0.600. The number of halogens is 1. The quantitative estimate of drug-likeness (QED) is 0.769. The molecule has 0 N–H and O–H groups in total. The number of anilines is 1. The van der Waals surface area contributed by atoms with Crippen LogP contribution < -0.4 is 4.90 Å². The van der Waals surface area contributed by atoms with E-state index in [1.54, 1.807) is 0 Å². The number of aryl methyl sites for hydroxylation is 1. The summed E-state index contributed by atoms with van der Waals surface area (Å²) in [7, 11) is 2.20. The molecule has 1 fully saturated rings. The molecule has 1 aromatic carbocycles. The highest BCUT2D eigenvalue weighted by atomic mass is 79.9. The van der Waals surface area contributed by atoms with Crippen LogP contribution in [0.5, 0.6) is 0 Å². The molecule has 0 atom stereocenters. The third kappa shape index (κ3) is 3.48. The van der Waals surface area contributed by atoms with E-state index in [0.29, 0.717) is 0 Å². The number of likely N-dealkylation sites (tertiary alicyclic amines) is 1. The molecule has 0 aromatic heterocycles. The number of likely N-dealkylation sites (N-methyl/N-ethyl adjacent to an activating group) is 1. The van der Waals surface area contributed by atoms with Crippen molar-refractivity contribution < 1.29 is 0 Å². The van der Waals surface area contributed by atoms with Crippen LogP contribution in [0.3, 0.4) is 0 Å². The molecule has 0 radical (unpaired) electrons. The van der Waals surface area contributed by atoms with Crippen LogP contribution in [0.15, 0.2) is 18.2 Å². The molecule has 1 aromatic rings. The normalized spacial score (nSPS) is 16.2. The molecule has 18 heavy (non-hydrogen) atoms. The molecule has 0 unspecified atom stereocenters.